The molecule has 2 N–H and O–H groups in total. The fraction of sp³-hybridized carbons (Fsp3) is 0.269. The molecule has 1 saturated heterocycles. The first-order chi connectivity index (χ1) is 16.5. The van der Waals surface area contributed by atoms with Crippen molar-refractivity contribution in [3.63, 3.8) is 0 Å². The SMILES string of the molecule is O=C(NCc1ccccc1COc1ccccc1)c1ccc(S(=O)(=O)NCC2CCCO2)cc1. The minimum absolute atomic E-state index is 0.0826. The minimum atomic E-state index is -3.66. The molecule has 7 nitrogen and oxygen atoms in total. The zero-order valence-corrected chi connectivity index (χ0v) is 19.6. The van der Waals surface area contributed by atoms with Gasteiger partial charge in [0.15, 0.2) is 0 Å². The molecule has 1 unspecified atom stereocenters. The lowest BCUT2D eigenvalue weighted by Gasteiger charge is -2.13. The summed E-state index contributed by atoms with van der Waals surface area (Å²) in [6.07, 6.45) is 1.71. The molecule has 1 heterocycles. The van der Waals surface area contributed by atoms with Crippen molar-refractivity contribution in [3.05, 3.63) is 95.6 Å². The molecule has 3 aromatic carbocycles. The van der Waals surface area contributed by atoms with E-state index in [4.69, 9.17) is 9.47 Å². The number of nitrogens with one attached hydrogen (secondary N) is 2. The Kier molecular flexibility index (Phi) is 7.95. The first-order valence-corrected chi connectivity index (χ1v) is 12.7. The summed E-state index contributed by atoms with van der Waals surface area (Å²) in [5.41, 5.74) is 2.31. The van der Waals surface area contributed by atoms with Crippen LogP contribution < -0.4 is 14.8 Å². The predicted molar refractivity (Wildman–Crippen MR) is 129 cm³/mol. The van der Waals surface area contributed by atoms with E-state index >= 15 is 0 Å². The number of carbonyl (C=O) groups is 1. The average molecular weight is 481 g/mol. The number of ether oxygens (including phenoxy) is 2. The van der Waals surface area contributed by atoms with Crippen molar-refractivity contribution < 1.29 is 22.7 Å². The summed E-state index contributed by atoms with van der Waals surface area (Å²) in [5, 5.41) is 2.90. The van der Waals surface area contributed by atoms with Gasteiger partial charge in [0.2, 0.25) is 10.0 Å². The zero-order valence-electron chi connectivity index (χ0n) is 18.8. The fourth-order valence-electron chi connectivity index (χ4n) is 3.70. The highest BCUT2D eigenvalue weighted by molar-refractivity contribution is 7.89. The number of sulfonamides is 1. The van der Waals surface area contributed by atoms with Gasteiger partial charge in [-0.15, -0.1) is 0 Å². The molecule has 34 heavy (non-hydrogen) atoms. The van der Waals surface area contributed by atoms with Crippen LogP contribution >= 0.6 is 0 Å². The van der Waals surface area contributed by atoms with Crippen LogP contribution in [0.3, 0.4) is 0 Å². The number of hydrogen-bond donors (Lipinski definition) is 2. The zero-order chi connectivity index (χ0) is 23.8. The number of hydrogen-bond acceptors (Lipinski definition) is 5. The van der Waals surface area contributed by atoms with Crippen molar-refractivity contribution in [1.29, 1.82) is 0 Å². The van der Waals surface area contributed by atoms with Crippen molar-refractivity contribution in [3.8, 4) is 5.75 Å². The Balaban J connectivity index is 1.32. The molecule has 4 rings (SSSR count). The van der Waals surface area contributed by atoms with E-state index in [1.165, 1.54) is 24.3 Å². The van der Waals surface area contributed by atoms with E-state index in [0.29, 0.717) is 25.3 Å². The van der Waals surface area contributed by atoms with Crippen LogP contribution in [0, 0.1) is 0 Å². The summed E-state index contributed by atoms with van der Waals surface area (Å²) in [7, 11) is -3.66. The summed E-state index contributed by atoms with van der Waals surface area (Å²) in [6.45, 7) is 1.64. The van der Waals surface area contributed by atoms with Gasteiger partial charge in [0.05, 0.1) is 11.0 Å². The summed E-state index contributed by atoms with van der Waals surface area (Å²) in [6, 6.07) is 23.2. The van der Waals surface area contributed by atoms with Gasteiger partial charge in [-0.05, 0) is 60.4 Å². The van der Waals surface area contributed by atoms with Crippen LogP contribution in [-0.2, 0) is 27.9 Å². The maximum Gasteiger partial charge on any atom is 0.251 e. The van der Waals surface area contributed by atoms with Crippen LogP contribution in [0.2, 0.25) is 0 Å². The Hall–Kier alpha value is -3.20. The molecule has 1 aliphatic rings. The molecule has 0 spiro atoms. The average Bonchev–Trinajstić information content (AvgIpc) is 3.40. The molecule has 0 aliphatic carbocycles. The second-order valence-corrected chi connectivity index (χ2v) is 9.83. The van der Waals surface area contributed by atoms with Crippen molar-refractivity contribution in [1.82, 2.24) is 10.0 Å². The molecule has 0 bridgehead atoms. The lowest BCUT2D eigenvalue weighted by Crippen LogP contribution is -2.31. The third-order valence-corrected chi connectivity index (χ3v) is 7.09. The van der Waals surface area contributed by atoms with Crippen molar-refractivity contribution in [2.24, 2.45) is 0 Å². The molecule has 178 valence electrons. The van der Waals surface area contributed by atoms with Crippen LogP contribution in [0.15, 0.2) is 83.8 Å². The molecular formula is C26H28N2O5S. The summed E-state index contributed by atoms with van der Waals surface area (Å²) in [5.74, 6) is 0.497. The Morgan fingerprint density at radius 3 is 2.35 bits per heavy atom. The molecule has 1 amide bonds. The monoisotopic (exact) mass is 480 g/mol. The summed E-state index contributed by atoms with van der Waals surface area (Å²) >= 11 is 0. The van der Waals surface area contributed by atoms with Crippen LogP contribution in [0.4, 0.5) is 0 Å². The number of rotatable bonds is 10. The van der Waals surface area contributed by atoms with Crippen LogP contribution in [-0.4, -0.2) is 33.6 Å². The van der Waals surface area contributed by atoms with Gasteiger partial charge in [0.1, 0.15) is 12.4 Å². The smallest absolute Gasteiger partial charge is 0.251 e. The minimum Gasteiger partial charge on any atom is -0.489 e. The van der Waals surface area contributed by atoms with Gasteiger partial charge in [-0.2, -0.15) is 0 Å². The molecule has 1 atom stereocenters. The Morgan fingerprint density at radius 1 is 0.941 bits per heavy atom. The van der Waals surface area contributed by atoms with E-state index in [0.717, 1.165) is 29.7 Å². The van der Waals surface area contributed by atoms with E-state index in [1.807, 2.05) is 54.6 Å². The van der Waals surface area contributed by atoms with Gasteiger partial charge in [-0.1, -0.05) is 42.5 Å². The van der Waals surface area contributed by atoms with E-state index < -0.39 is 10.0 Å². The highest BCUT2D eigenvalue weighted by Gasteiger charge is 2.20. The lowest BCUT2D eigenvalue weighted by molar-refractivity contribution is 0.0950. The molecule has 8 heteroatoms. The normalized spacial score (nSPS) is 15.7. The third kappa shape index (κ3) is 6.44. The van der Waals surface area contributed by atoms with Gasteiger partial charge >= 0.3 is 0 Å². The molecule has 0 aromatic heterocycles. The van der Waals surface area contributed by atoms with Gasteiger partial charge in [0, 0.05) is 25.3 Å². The van der Waals surface area contributed by atoms with E-state index in [-0.39, 0.29) is 23.5 Å². The van der Waals surface area contributed by atoms with Gasteiger partial charge < -0.3 is 14.8 Å². The third-order valence-electron chi connectivity index (χ3n) is 5.65. The molecule has 1 aliphatic heterocycles. The summed E-state index contributed by atoms with van der Waals surface area (Å²) < 4.78 is 38.9. The number of carbonyl (C=O) groups excluding carboxylic acids is 1. The fourth-order valence-corrected chi connectivity index (χ4v) is 4.77. The standard InChI is InChI=1S/C26H28N2O5S/c29-26(20-12-14-25(15-13-20)34(30,31)28-18-24-11-6-16-32-24)27-17-21-7-4-5-8-22(21)19-33-23-9-2-1-3-10-23/h1-5,7-10,12-15,24,28H,6,11,16-19H2,(H,27,29). The van der Waals surface area contributed by atoms with Gasteiger partial charge in [-0.25, -0.2) is 13.1 Å². The van der Waals surface area contributed by atoms with Crippen molar-refractivity contribution in [2.45, 2.75) is 37.0 Å². The predicted octanol–water partition coefficient (Wildman–Crippen LogP) is 3.65. The maximum absolute atomic E-state index is 12.6. The Morgan fingerprint density at radius 2 is 1.65 bits per heavy atom. The van der Waals surface area contributed by atoms with E-state index in [1.54, 1.807) is 0 Å². The Labute approximate surface area is 200 Å². The van der Waals surface area contributed by atoms with Crippen LogP contribution in [0.5, 0.6) is 5.75 Å². The first-order valence-electron chi connectivity index (χ1n) is 11.3. The maximum atomic E-state index is 12.6. The van der Waals surface area contributed by atoms with Gasteiger partial charge in [0.25, 0.3) is 5.91 Å². The van der Waals surface area contributed by atoms with Crippen LogP contribution in [0.1, 0.15) is 34.3 Å². The summed E-state index contributed by atoms with van der Waals surface area (Å²) in [4.78, 5) is 12.8. The van der Waals surface area contributed by atoms with E-state index in [9.17, 15) is 13.2 Å². The quantitative estimate of drug-likeness (QED) is 0.462. The first kappa shape index (κ1) is 23.9. The largest absolute Gasteiger partial charge is 0.489 e. The number of benzene rings is 3. The second kappa shape index (κ2) is 11.3. The van der Waals surface area contributed by atoms with Crippen molar-refractivity contribution >= 4 is 15.9 Å². The molecule has 1 fully saturated rings. The lowest BCUT2D eigenvalue weighted by atomic mass is 10.1. The topological polar surface area (TPSA) is 93.7 Å². The van der Waals surface area contributed by atoms with Crippen LogP contribution in [0.25, 0.3) is 0 Å². The molecule has 0 saturated carbocycles. The highest BCUT2D eigenvalue weighted by atomic mass is 32.2. The van der Waals surface area contributed by atoms with Gasteiger partial charge in [-0.3, -0.25) is 4.79 Å². The Bertz CT molecular complexity index is 1190. The molecule has 3 aromatic rings. The second-order valence-electron chi connectivity index (χ2n) is 8.06. The number of amides is 1. The molecule has 0 radical (unpaired) electrons. The number of para-hydroxylation sites is 1. The van der Waals surface area contributed by atoms with E-state index in [2.05, 4.69) is 10.0 Å². The highest BCUT2D eigenvalue weighted by Crippen LogP contribution is 2.16. The molecular weight excluding hydrogens is 452 g/mol. The van der Waals surface area contributed by atoms with Crippen molar-refractivity contribution in [2.75, 3.05) is 13.2 Å².